The first-order chi connectivity index (χ1) is 9.17. The Hall–Kier alpha value is -1.32. The predicted molar refractivity (Wildman–Crippen MR) is 82.4 cm³/mol. The van der Waals surface area contributed by atoms with Crippen LogP contribution >= 0.6 is 0 Å². The normalized spacial score (nSPS) is 11.0. The molecular formula is C15H28N4. The fourth-order valence-electron chi connectivity index (χ4n) is 2.40. The van der Waals surface area contributed by atoms with E-state index in [-0.39, 0.29) is 0 Å². The maximum absolute atomic E-state index is 6.02. The Morgan fingerprint density at radius 1 is 1.16 bits per heavy atom. The molecular weight excluding hydrogens is 236 g/mol. The minimum atomic E-state index is 0.634. The molecule has 1 aromatic heterocycles. The van der Waals surface area contributed by atoms with Crippen LogP contribution < -0.4 is 10.6 Å². The number of nitrogens with zero attached hydrogens (tertiary/aromatic N) is 3. The molecule has 0 aromatic carbocycles. The van der Waals surface area contributed by atoms with Crippen molar-refractivity contribution in [3.8, 4) is 0 Å². The van der Waals surface area contributed by atoms with Crippen molar-refractivity contribution in [2.24, 2.45) is 5.92 Å². The van der Waals surface area contributed by atoms with Crippen LogP contribution in [0.4, 0.5) is 11.6 Å². The van der Waals surface area contributed by atoms with Crippen molar-refractivity contribution in [2.75, 3.05) is 23.7 Å². The Bertz CT molecular complexity index is 374. The summed E-state index contributed by atoms with van der Waals surface area (Å²) in [5.41, 5.74) is 7.13. The van der Waals surface area contributed by atoms with Crippen molar-refractivity contribution < 1.29 is 0 Å². The predicted octanol–water partition coefficient (Wildman–Crippen LogP) is 3.27. The second-order valence-corrected chi connectivity index (χ2v) is 5.03. The van der Waals surface area contributed by atoms with Gasteiger partial charge in [-0.05, 0) is 19.3 Å². The van der Waals surface area contributed by atoms with E-state index in [1.807, 2.05) is 0 Å². The zero-order valence-corrected chi connectivity index (χ0v) is 12.8. The molecule has 4 heteroatoms. The molecule has 0 atom stereocenters. The molecule has 0 spiro atoms. The highest BCUT2D eigenvalue weighted by Crippen LogP contribution is 2.24. The molecule has 0 saturated carbocycles. The lowest BCUT2D eigenvalue weighted by molar-refractivity contribution is 0.483. The van der Waals surface area contributed by atoms with E-state index in [2.05, 4.69) is 42.6 Å². The van der Waals surface area contributed by atoms with Gasteiger partial charge in [0.1, 0.15) is 18.0 Å². The van der Waals surface area contributed by atoms with Gasteiger partial charge in [-0.15, -0.1) is 0 Å². The van der Waals surface area contributed by atoms with Crippen molar-refractivity contribution in [3.05, 3.63) is 11.9 Å². The largest absolute Gasteiger partial charge is 0.383 e. The van der Waals surface area contributed by atoms with Crippen molar-refractivity contribution in [1.29, 1.82) is 0 Å². The number of rotatable bonds is 8. The first-order valence-electron chi connectivity index (χ1n) is 7.52. The molecule has 0 aliphatic carbocycles. The van der Waals surface area contributed by atoms with E-state index in [4.69, 9.17) is 5.73 Å². The van der Waals surface area contributed by atoms with Gasteiger partial charge in [0.05, 0.1) is 0 Å². The third kappa shape index (κ3) is 4.08. The molecule has 1 rings (SSSR count). The monoisotopic (exact) mass is 264 g/mol. The summed E-state index contributed by atoms with van der Waals surface area (Å²) in [7, 11) is 0. The fraction of sp³-hybridized carbons (Fsp3) is 0.733. The Morgan fingerprint density at radius 3 is 2.37 bits per heavy atom. The molecule has 0 fully saturated rings. The molecule has 1 heterocycles. The van der Waals surface area contributed by atoms with Gasteiger partial charge >= 0.3 is 0 Å². The van der Waals surface area contributed by atoms with Gasteiger partial charge in [0.2, 0.25) is 0 Å². The lowest BCUT2D eigenvalue weighted by Crippen LogP contribution is -2.31. The molecule has 0 saturated heterocycles. The van der Waals surface area contributed by atoms with Gasteiger partial charge in [0.25, 0.3) is 0 Å². The molecule has 0 amide bonds. The summed E-state index contributed by atoms with van der Waals surface area (Å²) in [4.78, 5) is 11.0. The fourth-order valence-corrected chi connectivity index (χ4v) is 2.40. The molecule has 1 aromatic rings. The first kappa shape index (κ1) is 15.7. The molecule has 108 valence electrons. The summed E-state index contributed by atoms with van der Waals surface area (Å²) in [6.07, 6.45) is 6.00. The lowest BCUT2D eigenvalue weighted by atomic mass is 10.0. The van der Waals surface area contributed by atoms with E-state index in [1.165, 1.54) is 12.8 Å². The van der Waals surface area contributed by atoms with Crippen molar-refractivity contribution in [1.82, 2.24) is 9.97 Å². The van der Waals surface area contributed by atoms with E-state index >= 15 is 0 Å². The van der Waals surface area contributed by atoms with E-state index in [1.54, 1.807) is 6.33 Å². The minimum Gasteiger partial charge on any atom is -0.383 e. The number of hydrogen-bond acceptors (Lipinski definition) is 4. The Kier molecular flexibility index (Phi) is 6.60. The van der Waals surface area contributed by atoms with Crippen LogP contribution in [-0.2, 0) is 6.42 Å². The average molecular weight is 264 g/mol. The molecule has 0 unspecified atom stereocenters. The van der Waals surface area contributed by atoms with Crippen LogP contribution in [-0.4, -0.2) is 23.1 Å². The van der Waals surface area contributed by atoms with Gasteiger partial charge in [-0.3, -0.25) is 0 Å². The van der Waals surface area contributed by atoms with Gasteiger partial charge < -0.3 is 10.6 Å². The number of aromatic nitrogens is 2. The number of hydrogen-bond donors (Lipinski definition) is 1. The van der Waals surface area contributed by atoms with Crippen LogP contribution in [0.2, 0.25) is 0 Å². The van der Waals surface area contributed by atoms with Crippen molar-refractivity contribution in [3.63, 3.8) is 0 Å². The van der Waals surface area contributed by atoms with Crippen molar-refractivity contribution in [2.45, 2.75) is 53.4 Å². The van der Waals surface area contributed by atoms with E-state index < -0.39 is 0 Å². The minimum absolute atomic E-state index is 0.634. The SMILES string of the molecule is CCCc1c(N)ncnc1N(CC)CC(CC)CC. The summed E-state index contributed by atoms with van der Waals surface area (Å²) in [5.74, 6) is 2.38. The third-order valence-corrected chi connectivity index (χ3v) is 3.77. The maximum atomic E-state index is 6.02. The van der Waals surface area contributed by atoms with Crippen LogP contribution in [0, 0.1) is 5.92 Å². The van der Waals surface area contributed by atoms with Gasteiger partial charge in [-0.2, -0.15) is 0 Å². The Balaban J connectivity index is 3.00. The van der Waals surface area contributed by atoms with Gasteiger partial charge in [-0.25, -0.2) is 9.97 Å². The number of anilines is 2. The average Bonchev–Trinajstić information content (AvgIpc) is 2.43. The zero-order chi connectivity index (χ0) is 14.3. The highest BCUT2D eigenvalue weighted by atomic mass is 15.2. The van der Waals surface area contributed by atoms with Gasteiger partial charge in [0.15, 0.2) is 0 Å². The number of nitrogens with two attached hydrogens (primary N) is 1. The highest BCUT2D eigenvalue weighted by molar-refractivity contribution is 5.56. The summed E-state index contributed by atoms with van der Waals surface area (Å²) in [6.45, 7) is 10.9. The van der Waals surface area contributed by atoms with Crippen LogP contribution in [0.15, 0.2) is 6.33 Å². The van der Waals surface area contributed by atoms with Gasteiger partial charge in [-0.1, -0.05) is 40.0 Å². The summed E-state index contributed by atoms with van der Waals surface area (Å²) >= 11 is 0. The molecule has 19 heavy (non-hydrogen) atoms. The maximum Gasteiger partial charge on any atom is 0.137 e. The van der Waals surface area contributed by atoms with Crippen molar-refractivity contribution >= 4 is 11.6 Å². The first-order valence-corrected chi connectivity index (χ1v) is 7.52. The summed E-state index contributed by atoms with van der Waals surface area (Å²) < 4.78 is 0. The molecule has 4 nitrogen and oxygen atoms in total. The molecule has 0 bridgehead atoms. The zero-order valence-electron chi connectivity index (χ0n) is 12.8. The Labute approximate surface area is 117 Å². The van der Waals surface area contributed by atoms with Crippen LogP contribution in [0.5, 0.6) is 0 Å². The lowest BCUT2D eigenvalue weighted by Gasteiger charge is -2.28. The summed E-state index contributed by atoms with van der Waals surface area (Å²) in [5, 5.41) is 0. The molecule has 0 radical (unpaired) electrons. The number of nitrogen functional groups attached to an aromatic ring is 1. The topological polar surface area (TPSA) is 55.0 Å². The van der Waals surface area contributed by atoms with Crippen LogP contribution in [0.1, 0.15) is 52.5 Å². The second-order valence-electron chi connectivity index (χ2n) is 5.03. The van der Waals surface area contributed by atoms with Crippen LogP contribution in [0.3, 0.4) is 0 Å². The summed E-state index contributed by atoms with van der Waals surface area (Å²) in [6, 6.07) is 0. The Morgan fingerprint density at radius 2 is 1.84 bits per heavy atom. The standard InChI is InChI=1S/C15H28N4/c1-5-9-13-14(16)17-11-18-15(13)19(8-4)10-12(6-2)7-3/h11-12H,5-10H2,1-4H3,(H2,16,17,18). The van der Waals surface area contributed by atoms with E-state index in [0.29, 0.717) is 11.7 Å². The smallest absolute Gasteiger partial charge is 0.137 e. The highest BCUT2D eigenvalue weighted by Gasteiger charge is 2.17. The van der Waals surface area contributed by atoms with Crippen LogP contribution in [0.25, 0.3) is 0 Å². The van der Waals surface area contributed by atoms with E-state index in [0.717, 1.165) is 37.3 Å². The molecule has 2 N–H and O–H groups in total. The molecule has 0 aliphatic rings. The third-order valence-electron chi connectivity index (χ3n) is 3.77. The second kappa shape index (κ2) is 7.97. The van der Waals surface area contributed by atoms with Gasteiger partial charge in [0, 0.05) is 18.7 Å². The molecule has 0 aliphatic heterocycles. The van der Waals surface area contributed by atoms with E-state index in [9.17, 15) is 0 Å². The quantitative estimate of drug-likeness (QED) is 0.783.